The van der Waals surface area contributed by atoms with Crippen molar-refractivity contribution in [3.8, 4) is 0 Å². The van der Waals surface area contributed by atoms with Gasteiger partial charge in [-0.3, -0.25) is 4.79 Å². The highest BCUT2D eigenvalue weighted by atomic mass is 32.1. The number of ether oxygens (including phenoxy) is 1. The minimum absolute atomic E-state index is 0.0181. The van der Waals surface area contributed by atoms with E-state index in [0.717, 1.165) is 58.3 Å². The van der Waals surface area contributed by atoms with E-state index in [1.54, 1.807) is 18.4 Å². The van der Waals surface area contributed by atoms with Crippen LogP contribution >= 0.6 is 11.3 Å². The van der Waals surface area contributed by atoms with Crippen molar-refractivity contribution in [1.29, 1.82) is 0 Å². The van der Waals surface area contributed by atoms with Crippen LogP contribution < -0.4 is 10.2 Å². The number of nitrogens with zero attached hydrogens (tertiary/aromatic N) is 3. The number of nitrogens with one attached hydrogen (secondary N) is 1. The number of anilines is 1. The summed E-state index contributed by atoms with van der Waals surface area (Å²) in [5.41, 5.74) is 3.11. The second-order valence-electron chi connectivity index (χ2n) is 7.80. The minimum atomic E-state index is -0.0181. The molecule has 0 unspecified atom stereocenters. The Hall–Kier alpha value is -2.51. The average Bonchev–Trinajstić information content (AvgIpc) is 3.33. The molecule has 1 N–H and O–H groups in total. The molecule has 0 saturated carbocycles. The first kappa shape index (κ1) is 20.8. The molecule has 7 heteroatoms. The smallest absolute Gasteiger partial charge is 0.261 e. The molecule has 1 amide bonds. The molecule has 1 aliphatic heterocycles. The van der Waals surface area contributed by atoms with Crippen LogP contribution in [0.2, 0.25) is 0 Å². The van der Waals surface area contributed by atoms with Gasteiger partial charge in [0.1, 0.15) is 0 Å². The van der Waals surface area contributed by atoms with E-state index in [2.05, 4.69) is 32.3 Å². The quantitative estimate of drug-likeness (QED) is 0.583. The lowest BCUT2D eigenvalue weighted by atomic mass is 10.0. The van der Waals surface area contributed by atoms with Crippen LogP contribution in [0.25, 0.3) is 10.1 Å². The van der Waals surface area contributed by atoms with Gasteiger partial charge in [0, 0.05) is 42.3 Å². The molecule has 0 aliphatic carbocycles. The number of amides is 1. The highest BCUT2D eigenvalue weighted by Crippen LogP contribution is 2.35. The van der Waals surface area contributed by atoms with Crippen molar-refractivity contribution < 1.29 is 9.53 Å². The lowest BCUT2D eigenvalue weighted by Gasteiger charge is -2.25. The summed E-state index contributed by atoms with van der Waals surface area (Å²) in [4.78, 5) is 25.4. The number of methoxy groups -OCH3 is 1. The fourth-order valence-electron chi connectivity index (χ4n) is 4.21. The molecule has 1 atom stereocenters. The molecule has 158 valence electrons. The Bertz CT molecular complexity index is 1030. The van der Waals surface area contributed by atoms with Gasteiger partial charge >= 0.3 is 0 Å². The van der Waals surface area contributed by atoms with Crippen molar-refractivity contribution >= 4 is 33.3 Å². The van der Waals surface area contributed by atoms with E-state index in [1.165, 1.54) is 5.39 Å². The maximum absolute atomic E-state index is 12.9. The Kier molecular flexibility index (Phi) is 6.29. The van der Waals surface area contributed by atoms with Crippen LogP contribution in [0, 0.1) is 13.8 Å². The molecule has 0 spiro atoms. The molecule has 2 aromatic heterocycles. The fraction of sp³-hybridized carbons (Fsp3) is 0.435. The molecule has 1 saturated heterocycles. The lowest BCUT2D eigenvalue weighted by Crippen LogP contribution is -2.33. The summed E-state index contributed by atoms with van der Waals surface area (Å²) in [6.07, 6.45) is 3.00. The monoisotopic (exact) mass is 424 g/mol. The summed E-state index contributed by atoms with van der Waals surface area (Å²) in [6.45, 7) is 5.99. The van der Waals surface area contributed by atoms with Gasteiger partial charge < -0.3 is 15.0 Å². The molecule has 4 rings (SSSR count). The van der Waals surface area contributed by atoms with Crippen LogP contribution in [0.4, 0.5) is 5.95 Å². The van der Waals surface area contributed by atoms with E-state index in [-0.39, 0.29) is 11.9 Å². The Morgan fingerprint density at radius 3 is 2.80 bits per heavy atom. The number of carbonyl (C=O) groups is 1. The van der Waals surface area contributed by atoms with Gasteiger partial charge in [0.05, 0.1) is 11.5 Å². The summed E-state index contributed by atoms with van der Waals surface area (Å²) < 4.78 is 6.22. The van der Waals surface area contributed by atoms with Crippen LogP contribution in [-0.2, 0) is 11.2 Å². The summed E-state index contributed by atoms with van der Waals surface area (Å²) in [6, 6.07) is 10.6. The largest absolute Gasteiger partial charge is 0.383 e. The SMILES string of the molecule is COCCNC(=O)c1sc2ccccc2c1C[C@@H]1CCCN1c1nc(C)cc(C)n1. The number of hydrogen-bond acceptors (Lipinski definition) is 6. The zero-order valence-corrected chi connectivity index (χ0v) is 18.6. The van der Waals surface area contributed by atoms with E-state index in [4.69, 9.17) is 4.74 Å². The Labute approximate surface area is 181 Å². The van der Waals surface area contributed by atoms with Gasteiger partial charge in [0.25, 0.3) is 5.91 Å². The molecule has 1 aromatic carbocycles. The lowest BCUT2D eigenvalue weighted by molar-refractivity contribution is 0.0940. The van der Waals surface area contributed by atoms with Gasteiger partial charge in [0.2, 0.25) is 5.95 Å². The van der Waals surface area contributed by atoms with Gasteiger partial charge in [-0.1, -0.05) is 18.2 Å². The van der Waals surface area contributed by atoms with E-state index in [9.17, 15) is 4.79 Å². The second-order valence-corrected chi connectivity index (χ2v) is 8.85. The molecule has 1 aliphatic rings. The van der Waals surface area contributed by atoms with E-state index in [0.29, 0.717) is 13.2 Å². The molecular weight excluding hydrogens is 396 g/mol. The highest BCUT2D eigenvalue weighted by molar-refractivity contribution is 7.21. The van der Waals surface area contributed by atoms with Crippen LogP contribution in [0.5, 0.6) is 0 Å². The summed E-state index contributed by atoms with van der Waals surface area (Å²) >= 11 is 1.57. The van der Waals surface area contributed by atoms with E-state index >= 15 is 0 Å². The zero-order valence-electron chi connectivity index (χ0n) is 17.8. The van der Waals surface area contributed by atoms with E-state index in [1.807, 2.05) is 32.0 Å². The Morgan fingerprint density at radius 2 is 2.03 bits per heavy atom. The van der Waals surface area contributed by atoms with E-state index < -0.39 is 0 Å². The number of thiophene rings is 1. The second kappa shape index (κ2) is 9.10. The molecular formula is C23H28N4O2S. The maximum Gasteiger partial charge on any atom is 0.261 e. The number of carbonyl (C=O) groups excluding carboxylic acids is 1. The fourth-order valence-corrected chi connectivity index (χ4v) is 5.36. The first-order valence-electron chi connectivity index (χ1n) is 10.4. The molecule has 0 bridgehead atoms. The topological polar surface area (TPSA) is 67.3 Å². The van der Waals surface area contributed by atoms with Gasteiger partial charge in [-0.15, -0.1) is 11.3 Å². The van der Waals surface area contributed by atoms with Crippen LogP contribution in [-0.4, -0.2) is 48.7 Å². The average molecular weight is 425 g/mol. The van der Waals surface area contributed by atoms with Gasteiger partial charge in [-0.05, 0) is 56.2 Å². The third-order valence-corrected chi connectivity index (χ3v) is 6.75. The van der Waals surface area contributed by atoms with Crippen molar-refractivity contribution in [2.75, 3.05) is 31.7 Å². The van der Waals surface area contributed by atoms with Crippen LogP contribution in [0.1, 0.15) is 39.5 Å². The molecule has 1 fully saturated rings. The Balaban J connectivity index is 1.65. The number of aromatic nitrogens is 2. The first-order chi connectivity index (χ1) is 14.6. The van der Waals surface area contributed by atoms with Gasteiger partial charge in [-0.2, -0.15) is 0 Å². The van der Waals surface area contributed by atoms with Gasteiger partial charge in [-0.25, -0.2) is 9.97 Å². The maximum atomic E-state index is 12.9. The van der Waals surface area contributed by atoms with Crippen molar-refractivity contribution in [3.05, 3.63) is 52.2 Å². The summed E-state index contributed by atoms with van der Waals surface area (Å²) in [5, 5.41) is 4.17. The van der Waals surface area contributed by atoms with Gasteiger partial charge in [0.15, 0.2) is 0 Å². The van der Waals surface area contributed by atoms with Crippen molar-refractivity contribution in [2.45, 2.75) is 39.2 Å². The number of fused-ring (bicyclic) bond motifs is 1. The molecule has 3 aromatic rings. The number of hydrogen-bond donors (Lipinski definition) is 1. The normalized spacial score (nSPS) is 16.4. The Morgan fingerprint density at radius 1 is 1.27 bits per heavy atom. The third kappa shape index (κ3) is 4.32. The summed E-state index contributed by atoms with van der Waals surface area (Å²) in [7, 11) is 1.64. The number of aryl methyl sites for hydroxylation is 2. The molecule has 30 heavy (non-hydrogen) atoms. The van der Waals surface area contributed by atoms with Crippen molar-refractivity contribution in [1.82, 2.24) is 15.3 Å². The molecule has 6 nitrogen and oxygen atoms in total. The van der Waals surface area contributed by atoms with Crippen molar-refractivity contribution in [3.63, 3.8) is 0 Å². The molecule has 0 radical (unpaired) electrons. The molecule has 3 heterocycles. The van der Waals surface area contributed by atoms with Crippen molar-refractivity contribution in [2.24, 2.45) is 0 Å². The zero-order chi connectivity index (χ0) is 21.1. The van der Waals surface area contributed by atoms with Crippen LogP contribution in [0.15, 0.2) is 30.3 Å². The highest BCUT2D eigenvalue weighted by Gasteiger charge is 2.30. The third-order valence-electron chi connectivity index (χ3n) is 5.54. The summed E-state index contributed by atoms with van der Waals surface area (Å²) in [5.74, 6) is 0.788. The first-order valence-corrected chi connectivity index (χ1v) is 11.2. The number of rotatable bonds is 7. The number of benzene rings is 1. The predicted molar refractivity (Wildman–Crippen MR) is 122 cm³/mol. The predicted octanol–water partition coefficient (Wildman–Crippen LogP) is 3.90. The van der Waals surface area contributed by atoms with Crippen LogP contribution in [0.3, 0.4) is 0 Å². The minimum Gasteiger partial charge on any atom is -0.383 e. The standard InChI is InChI=1S/C23H28N4O2S/c1-15-13-16(2)26-23(25-15)27-11-6-7-17(27)14-19-18-8-4-5-9-20(18)30-21(19)22(28)24-10-12-29-3/h4-5,8-9,13,17H,6-7,10-12,14H2,1-3H3,(H,24,28)/t17-/m0/s1.